The summed E-state index contributed by atoms with van der Waals surface area (Å²) in [6, 6.07) is 5.68. The van der Waals surface area contributed by atoms with E-state index in [1.165, 1.54) is 11.8 Å². The van der Waals surface area contributed by atoms with Crippen LogP contribution in [-0.2, 0) is 4.79 Å². The molecule has 4 nitrogen and oxygen atoms in total. The summed E-state index contributed by atoms with van der Waals surface area (Å²) in [5.74, 6) is 2.03. The summed E-state index contributed by atoms with van der Waals surface area (Å²) in [6.45, 7) is 6.93. The van der Waals surface area contributed by atoms with Crippen LogP contribution in [0.5, 0.6) is 11.5 Å². The highest BCUT2D eigenvalue weighted by Crippen LogP contribution is 2.33. The number of amides is 1. The highest BCUT2D eigenvalue weighted by molar-refractivity contribution is 8.00. The maximum Gasteiger partial charge on any atom is 0.233 e. The van der Waals surface area contributed by atoms with E-state index in [1.54, 1.807) is 14.2 Å². The first kappa shape index (κ1) is 17.7. The monoisotopic (exact) mass is 311 g/mol. The fourth-order valence-electron chi connectivity index (χ4n) is 1.78. The van der Waals surface area contributed by atoms with E-state index in [-0.39, 0.29) is 11.2 Å². The molecule has 0 aliphatic carbocycles. The molecule has 0 fully saturated rings. The van der Waals surface area contributed by atoms with Gasteiger partial charge in [0, 0.05) is 11.4 Å². The molecule has 0 radical (unpaired) electrons. The summed E-state index contributed by atoms with van der Waals surface area (Å²) >= 11 is 1.51. The van der Waals surface area contributed by atoms with Gasteiger partial charge in [-0.15, -0.1) is 11.8 Å². The maximum absolute atomic E-state index is 12.0. The van der Waals surface area contributed by atoms with Crippen molar-refractivity contribution in [3.63, 3.8) is 0 Å². The van der Waals surface area contributed by atoms with Crippen LogP contribution in [-0.4, -0.2) is 31.9 Å². The van der Waals surface area contributed by atoms with E-state index in [0.717, 1.165) is 17.9 Å². The Balaban J connectivity index is 2.57. The maximum atomic E-state index is 12.0. The summed E-state index contributed by atoms with van der Waals surface area (Å²) in [7, 11) is 3.21. The van der Waals surface area contributed by atoms with Gasteiger partial charge in [0.1, 0.15) is 0 Å². The van der Waals surface area contributed by atoms with E-state index in [9.17, 15) is 4.79 Å². The van der Waals surface area contributed by atoms with Crippen LogP contribution in [0.25, 0.3) is 0 Å². The average Bonchev–Trinajstić information content (AvgIpc) is 2.46. The minimum absolute atomic E-state index is 0.0652. The van der Waals surface area contributed by atoms with E-state index < -0.39 is 0 Å². The summed E-state index contributed by atoms with van der Waals surface area (Å²) in [5.41, 5.74) is 0. The number of rotatable bonds is 8. The molecule has 0 aromatic heterocycles. The third-order valence-electron chi connectivity index (χ3n) is 3.06. The Morgan fingerprint density at radius 3 is 2.43 bits per heavy atom. The summed E-state index contributed by atoms with van der Waals surface area (Å²) < 4.78 is 10.5. The van der Waals surface area contributed by atoms with Crippen molar-refractivity contribution in [1.82, 2.24) is 5.32 Å². The third kappa shape index (κ3) is 5.87. The van der Waals surface area contributed by atoms with Gasteiger partial charge >= 0.3 is 0 Å². The molecule has 0 aliphatic heterocycles. The topological polar surface area (TPSA) is 47.6 Å². The molecule has 1 aromatic carbocycles. The molecule has 1 amide bonds. The van der Waals surface area contributed by atoms with Crippen molar-refractivity contribution < 1.29 is 14.3 Å². The first-order valence-corrected chi connectivity index (χ1v) is 8.02. The lowest BCUT2D eigenvalue weighted by atomic mass is 10.1. The predicted octanol–water partition coefficient (Wildman–Crippen LogP) is 3.35. The number of carbonyl (C=O) groups is 1. The summed E-state index contributed by atoms with van der Waals surface area (Å²) in [6.07, 6.45) is 0.999. The Morgan fingerprint density at radius 1 is 1.19 bits per heavy atom. The number of ether oxygens (including phenoxy) is 2. The smallest absolute Gasteiger partial charge is 0.233 e. The first-order valence-electron chi connectivity index (χ1n) is 7.14. The number of nitrogens with one attached hydrogen (secondary N) is 1. The third-order valence-corrected chi connectivity index (χ3v) is 4.15. The highest BCUT2D eigenvalue weighted by atomic mass is 32.2. The van der Waals surface area contributed by atoms with E-state index in [4.69, 9.17) is 9.47 Å². The fraction of sp³-hybridized carbons (Fsp3) is 0.562. The molecule has 21 heavy (non-hydrogen) atoms. The molecule has 0 saturated carbocycles. The molecular weight excluding hydrogens is 286 g/mol. The number of methoxy groups -OCH3 is 2. The molecule has 1 atom stereocenters. The number of hydrogen-bond donors (Lipinski definition) is 1. The molecule has 0 bridgehead atoms. The van der Waals surface area contributed by atoms with E-state index >= 15 is 0 Å². The van der Waals surface area contributed by atoms with Crippen LogP contribution in [0.2, 0.25) is 0 Å². The highest BCUT2D eigenvalue weighted by Gasteiger charge is 2.15. The van der Waals surface area contributed by atoms with Gasteiger partial charge in [-0.3, -0.25) is 4.79 Å². The molecule has 0 saturated heterocycles. The number of thioether (sulfide) groups is 1. The van der Waals surface area contributed by atoms with Gasteiger partial charge in [0.15, 0.2) is 11.5 Å². The Morgan fingerprint density at radius 2 is 1.86 bits per heavy atom. The molecule has 1 aromatic rings. The molecule has 0 heterocycles. The minimum Gasteiger partial charge on any atom is -0.493 e. The number of hydrogen-bond acceptors (Lipinski definition) is 4. The largest absolute Gasteiger partial charge is 0.493 e. The van der Waals surface area contributed by atoms with Gasteiger partial charge < -0.3 is 14.8 Å². The number of carbonyl (C=O) groups excluding carboxylic acids is 1. The van der Waals surface area contributed by atoms with Crippen LogP contribution in [0.3, 0.4) is 0 Å². The van der Waals surface area contributed by atoms with E-state index in [2.05, 4.69) is 19.2 Å². The molecule has 1 unspecified atom stereocenters. The second kappa shape index (κ2) is 8.82. The summed E-state index contributed by atoms with van der Waals surface area (Å²) in [4.78, 5) is 13.0. The van der Waals surface area contributed by atoms with Gasteiger partial charge in [-0.05, 0) is 37.5 Å². The van der Waals surface area contributed by atoms with Crippen LogP contribution >= 0.6 is 11.8 Å². The average molecular weight is 311 g/mol. The minimum atomic E-state index is -0.143. The van der Waals surface area contributed by atoms with Crippen LogP contribution in [0.1, 0.15) is 27.2 Å². The Hall–Kier alpha value is -1.36. The lowest BCUT2D eigenvalue weighted by Crippen LogP contribution is -2.32. The zero-order valence-corrected chi connectivity index (χ0v) is 14.3. The Kier molecular flexibility index (Phi) is 7.43. The van der Waals surface area contributed by atoms with E-state index in [0.29, 0.717) is 17.4 Å². The van der Waals surface area contributed by atoms with Crippen molar-refractivity contribution in [3.05, 3.63) is 18.2 Å². The van der Waals surface area contributed by atoms with Crippen LogP contribution in [0.4, 0.5) is 0 Å². The van der Waals surface area contributed by atoms with Gasteiger partial charge in [0.25, 0.3) is 0 Å². The normalized spacial score (nSPS) is 12.1. The lowest BCUT2D eigenvalue weighted by molar-refractivity contribution is -0.120. The lowest BCUT2D eigenvalue weighted by Gasteiger charge is -2.14. The van der Waals surface area contributed by atoms with Gasteiger partial charge in [0.05, 0.1) is 19.5 Å². The molecule has 1 rings (SSSR count). The number of benzene rings is 1. The molecule has 118 valence electrons. The van der Waals surface area contributed by atoms with Crippen LogP contribution in [0.15, 0.2) is 23.1 Å². The Labute approximate surface area is 131 Å². The molecule has 0 aliphatic rings. The van der Waals surface area contributed by atoms with Gasteiger partial charge in [0.2, 0.25) is 5.91 Å². The van der Waals surface area contributed by atoms with Crippen molar-refractivity contribution in [2.45, 2.75) is 37.3 Å². The predicted molar refractivity (Wildman–Crippen MR) is 87.3 cm³/mol. The molecule has 5 heteroatoms. The quantitative estimate of drug-likeness (QED) is 0.748. The summed E-state index contributed by atoms with van der Waals surface area (Å²) in [5, 5.41) is 2.83. The van der Waals surface area contributed by atoms with Crippen LogP contribution < -0.4 is 14.8 Å². The molecule has 1 N–H and O–H groups in total. The fourth-order valence-corrected chi connectivity index (χ4v) is 2.70. The molecular formula is C16H25NO3S. The molecule has 0 spiro atoms. The second-order valence-electron chi connectivity index (χ2n) is 5.25. The van der Waals surface area contributed by atoms with E-state index in [1.807, 2.05) is 25.1 Å². The van der Waals surface area contributed by atoms with Gasteiger partial charge in [-0.25, -0.2) is 0 Å². The van der Waals surface area contributed by atoms with Crippen molar-refractivity contribution in [3.8, 4) is 11.5 Å². The van der Waals surface area contributed by atoms with Crippen molar-refractivity contribution >= 4 is 17.7 Å². The standard InChI is InChI=1S/C16H25NO3S/c1-11(2)8-9-17-16(18)12(3)21-13-6-7-14(19-4)15(10-13)20-5/h6-7,10-12H,8-9H2,1-5H3,(H,17,18). The first-order chi connectivity index (χ1) is 9.97. The SMILES string of the molecule is COc1ccc(SC(C)C(=O)NCCC(C)C)cc1OC. The van der Waals surface area contributed by atoms with Crippen molar-refractivity contribution in [2.75, 3.05) is 20.8 Å². The van der Waals surface area contributed by atoms with Gasteiger partial charge in [-0.2, -0.15) is 0 Å². The Bertz CT molecular complexity index is 463. The van der Waals surface area contributed by atoms with Crippen molar-refractivity contribution in [2.24, 2.45) is 5.92 Å². The van der Waals surface area contributed by atoms with Crippen molar-refractivity contribution in [1.29, 1.82) is 0 Å². The second-order valence-corrected chi connectivity index (χ2v) is 6.66. The van der Waals surface area contributed by atoms with Gasteiger partial charge in [-0.1, -0.05) is 13.8 Å². The zero-order chi connectivity index (χ0) is 15.8. The van der Waals surface area contributed by atoms with Crippen LogP contribution in [0, 0.1) is 5.92 Å². The zero-order valence-electron chi connectivity index (χ0n) is 13.4.